The highest BCUT2D eigenvalue weighted by molar-refractivity contribution is 7.89. The predicted molar refractivity (Wildman–Crippen MR) is 358 cm³/mol. The third-order valence-electron chi connectivity index (χ3n) is 16.3. The van der Waals surface area contributed by atoms with Gasteiger partial charge in [-0.25, -0.2) is 52.6 Å². The van der Waals surface area contributed by atoms with Gasteiger partial charge in [0.15, 0.2) is 0 Å². The van der Waals surface area contributed by atoms with Crippen LogP contribution < -0.4 is 26.5 Å². The van der Waals surface area contributed by atoms with Gasteiger partial charge in [0.25, 0.3) is 16.7 Å². The van der Waals surface area contributed by atoms with Crippen molar-refractivity contribution in [3.8, 4) is 33.4 Å². The molecule has 6 aromatic carbocycles. The molecular weight excluding hydrogens is 1250 g/mol. The van der Waals surface area contributed by atoms with Gasteiger partial charge in [0.05, 0.1) is 52.5 Å². The SMILES string of the molecule is CNS(=O)(=O)Cc1ccc2c(c1)-c1cn(C)c(=O)cc1[C@H](C)N=C2c1ccc(F)cc1.C[C@@H]1N=C(c2ccc(F)cc2)c2ccc(CS(=O)(=O)N(C)C)cc2-c2cn(C)c(=O)cc21.C[C@@H]1N=C(c2ccc(F)cc2)c2ccc(CS(N)(=O)=O)cc2-c2cn(C)c(=O)cc21. The third kappa shape index (κ3) is 14.7. The summed E-state index contributed by atoms with van der Waals surface area (Å²) in [4.78, 5) is 51.6. The fraction of sp³-hybridized carbons (Fsp3) is 0.217. The fourth-order valence-corrected chi connectivity index (χ4v) is 13.6. The van der Waals surface area contributed by atoms with Gasteiger partial charge in [0.2, 0.25) is 30.1 Å². The number of nitrogens with two attached hydrogens (primary N) is 1. The quantitative estimate of drug-likeness (QED) is 0.125. The molecule has 3 atom stereocenters. The summed E-state index contributed by atoms with van der Waals surface area (Å²) in [6.45, 7) is 5.70. The van der Waals surface area contributed by atoms with E-state index in [1.54, 1.807) is 125 Å². The molecule has 0 spiro atoms. The van der Waals surface area contributed by atoms with E-state index in [0.29, 0.717) is 33.8 Å². The van der Waals surface area contributed by atoms with Crippen LogP contribution in [0.25, 0.3) is 33.4 Å². The van der Waals surface area contributed by atoms with Crippen LogP contribution in [-0.2, 0) is 68.5 Å². The molecule has 0 aliphatic carbocycles. The second kappa shape index (κ2) is 26.4. The van der Waals surface area contributed by atoms with Crippen molar-refractivity contribution in [1.29, 1.82) is 0 Å². The molecule has 3 aliphatic heterocycles. The van der Waals surface area contributed by atoms with E-state index in [4.69, 9.17) is 20.1 Å². The number of aryl methyl sites for hydroxylation is 3. The third-order valence-corrected chi connectivity index (χ3v) is 20.2. The van der Waals surface area contributed by atoms with Crippen molar-refractivity contribution < 1.29 is 38.4 Å². The highest BCUT2D eigenvalue weighted by atomic mass is 32.2. The van der Waals surface area contributed by atoms with Crippen LogP contribution in [0.1, 0.15) is 106 Å². The molecule has 18 nitrogen and oxygen atoms in total. The number of aromatic nitrogens is 3. The molecule has 3 aliphatic rings. The molecule has 0 unspecified atom stereocenters. The Morgan fingerprint density at radius 1 is 0.430 bits per heavy atom. The van der Waals surface area contributed by atoms with Crippen molar-refractivity contribution in [1.82, 2.24) is 22.7 Å². The zero-order valence-electron chi connectivity index (χ0n) is 52.2. The Morgan fingerprint density at radius 2 is 0.720 bits per heavy atom. The Kier molecular flexibility index (Phi) is 18.9. The van der Waals surface area contributed by atoms with Crippen LogP contribution in [0.3, 0.4) is 0 Å². The highest BCUT2D eigenvalue weighted by Crippen LogP contribution is 2.41. The number of benzene rings is 6. The molecule has 0 amide bonds. The molecule has 0 radical (unpaired) electrons. The van der Waals surface area contributed by atoms with Crippen molar-refractivity contribution in [2.24, 2.45) is 41.3 Å². The first kappa shape index (κ1) is 66.6. The Labute approximate surface area is 536 Å². The molecule has 3 N–H and O–H groups in total. The van der Waals surface area contributed by atoms with Gasteiger partial charge in [-0.3, -0.25) is 29.4 Å². The van der Waals surface area contributed by atoms with E-state index in [2.05, 4.69) is 4.72 Å². The first-order valence-electron chi connectivity index (χ1n) is 29.2. The summed E-state index contributed by atoms with van der Waals surface area (Å²) < 4.78 is 121. The number of nitrogens with one attached hydrogen (secondary N) is 1. The Hall–Kier alpha value is -9.30. The maximum atomic E-state index is 13.5. The number of nitrogens with zero attached hydrogens (tertiary/aromatic N) is 7. The number of aliphatic imine (C=N–C) groups is 3. The van der Waals surface area contributed by atoms with Crippen LogP contribution in [0, 0.1) is 17.5 Å². The molecule has 12 rings (SSSR count). The van der Waals surface area contributed by atoms with Gasteiger partial charge in [-0.05, 0) is 169 Å². The summed E-state index contributed by atoms with van der Waals surface area (Å²) in [5.74, 6) is -1.66. The van der Waals surface area contributed by atoms with E-state index in [9.17, 15) is 52.8 Å². The van der Waals surface area contributed by atoms with Gasteiger partial charge in [0, 0.05) is 122 Å². The number of halogens is 3. The van der Waals surface area contributed by atoms with Crippen molar-refractivity contribution in [3.63, 3.8) is 0 Å². The smallest absolute Gasteiger partial charge is 0.250 e. The molecule has 0 fully saturated rings. The number of pyridine rings is 3. The maximum absolute atomic E-state index is 13.5. The van der Waals surface area contributed by atoms with Crippen LogP contribution in [0.4, 0.5) is 13.2 Å². The van der Waals surface area contributed by atoms with Crippen LogP contribution in [0.2, 0.25) is 0 Å². The van der Waals surface area contributed by atoms with Crippen LogP contribution in [0.5, 0.6) is 0 Å². The fourth-order valence-electron chi connectivity index (χ4n) is 11.4. The summed E-state index contributed by atoms with van der Waals surface area (Å²) in [5, 5.41) is 5.24. The minimum atomic E-state index is -3.71. The van der Waals surface area contributed by atoms with Gasteiger partial charge < -0.3 is 13.7 Å². The maximum Gasteiger partial charge on any atom is 0.250 e. The lowest BCUT2D eigenvalue weighted by atomic mass is 9.91. The lowest BCUT2D eigenvalue weighted by Crippen LogP contribution is -2.23. The topological polar surface area (TPSA) is 247 Å². The van der Waals surface area contributed by atoms with E-state index < -0.39 is 30.1 Å². The van der Waals surface area contributed by atoms with Crippen LogP contribution in [0.15, 0.2) is 194 Å². The largest absolute Gasteiger partial charge is 0.318 e. The Balaban J connectivity index is 0.000000153. The normalized spacial score (nSPS) is 15.7. The number of fused-ring (bicyclic) bond motifs is 9. The number of sulfonamides is 3. The van der Waals surface area contributed by atoms with Crippen molar-refractivity contribution in [3.05, 3.63) is 279 Å². The predicted octanol–water partition coefficient (Wildman–Crippen LogP) is 9.54. The molecule has 0 bridgehead atoms. The molecule has 6 heterocycles. The summed E-state index contributed by atoms with van der Waals surface area (Å²) in [5.41, 5.74) is 14.8. The zero-order valence-corrected chi connectivity index (χ0v) is 54.6. The standard InChI is InChI=1S/C24H24FN3O3S.C23H22FN3O3S.C22H20FN3O3S/c1-15-20-12-23(29)28(4)13-22(20)21-11-16(14-32(30,31)27(2)3)5-10-19(21)24(26-15)17-6-8-18(25)9-7-17;1-14-19-11-22(28)27(3)12-21(19)20-10-15(13-31(29,30)25-2)4-9-18(20)23(26-14)16-5-7-17(24)8-6-16;1-13-18-10-21(27)26(2)11-20(18)19-9-14(12-30(24,28)29)3-8-17(19)22(25-13)15-4-6-16(23)7-5-15/h5-13,15H,14H2,1-4H3;4-12,14,25H,13H2,1-3H3;3-11,13H,12H2,1-2H3,(H2,24,28,29)/t15-;14-;13-/m000/s1. The van der Waals surface area contributed by atoms with Gasteiger partial charge in [-0.15, -0.1) is 0 Å². The molecule has 93 heavy (non-hydrogen) atoms. The van der Waals surface area contributed by atoms with Gasteiger partial charge in [-0.2, -0.15) is 0 Å². The van der Waals surface area contributed by atoms with Crippen molar-refractivity contribution in [2.45, 2.75) is 56.2 Å². The number of hydrogen-bond donors (Lipinski definition) is 2. The van der Waals surface area contributed by atoms with Crippen LogP contribution >= 0.6 is 0 Å². The molecule has 480 valence electrons. The summed E-state index contributed by atoms with van der Waals surface area (Å²) in [6, 6.07) is 38.1. The Bertz CT molecular complexity index is 5110. The van der Waals surface area contributed by atoms with E-state index in [1.807, 2.05) is 45.0 Å². The summed E-state index contributed by atoms with van der Waals surface area (Å²) in [6.07, 6.45) is 5.25. The summed E-state index contributed by atoms with van der Waals surface area (Å²) in [7, 11) is -1.22. The minimum Gasteiger partial charge on any atom is -0.318 e. The average Bonchev–Trinajstić information content (AvgIpc) is 1.69. The van der Waals surface area contributed by atoms with E-state index in [1.165, 1.54) is 75.5 Å². The molecule has 0 saturated carbocycles. The average molecular weight is 1320 g/mol. The molecule has 24 heteroatoms. The second-order valence-electron chi connectivity index (χ2n) is 23.2. The number of primary sulfonamides is 1. The molecule has 0 saturated heterocycles. The van der Waals surface area contributed by atoms with Crippen molar-refractivity contribution >= 4 is 47.2 Å². The van der Waals surface area contributed by atoms with Crippen LogP contribution in [-0.4, -0.2) is 81.5 Å². The van der Waals surface area contributed by atoms with E-state index in [-0.39, 0.29) is 69.5 Å². The lowest BCUT2D eigenvalue weighted by Gasteiger charge is -2.16. The van der Waals surface area contributed by atoms with Gasteiger partial charge >= 0.3 is 0 Å². The minimum absolute atomic E-state index is 0.146. The molecule has 9 aromatic rings. The highest BCUT2D eigenvalue weighted by Gasteiger charge is 2.29. The number of rotatable bonds is 11. The first-order valence-corrected chi connectivity index (χ1v) is 34.2. The van der Waals surface area contributed by atoms with Gasteiger partial charge in [-0.1, -0.05) is 36.4 Å². The van der Waals surface area contributed by atoms with Gasteiger partial charge in [0.1, 0.15) is 17.5 Å². The molecule has 3 aromatic heterocycles. The summed E-state index contributed by atoms with van der Waals surface area (Å²) >= 11 is 0. The first-order chi connectivity index (χ1) is 43.9. The zero-order chi connectivity index (χ0) is 67.2. The van der Waals surface area contributed by atoms with Crippen molar-refractivity contribution in [2.75, 3.05) is 21.1 Å². The number of hydrogen-bond acceptors (Lipinski definition) is 12. The van der Waals surface area contributed by atoms with E-state index in [0.717, 1.165) is 83.5 Å². The monoisotopic (exact) mass is 1320 g/mol. The second-order valence-corrected chi connectivity index (χ2v) is 28.9. The lowest BCUT2D eigenvalue weighted by molar-refractivity contribution is 0.519. The molecular formula is C69H66F3N9O9S3. The van der Waals surface area contributed by atoms with E-state index >= 15 is 0 Å². The Morgan fingerprint density at radius 3 is 1.00 bits per heavy atom.